The van der Waals surface area contributed by atoms with Crippen molar-refractivity contribution in [3.8, 4) is 0 Å². The van der Waals surface area contributed by atoms with Crippen LogP contribution < -0.4 is 0 Å². The van der Waals surface area contributed by atoms with Crippen LogP contribution in [-0.2, 0) is 4.74 Å². The second-order valence-corrected chi connectivity index (χ2v) is 4.64. The molecule has 0 radical (unpaired) electrons. The predicted molar refractivity (Wildman–Crippen MR) is 58.6 cm³/mol. The molecule has 1 saturated carbocycles. The summed E-state index contributed by atoms with van der Waals surface area (Å²) in [6, 6.07) is 0. The molecular weight excluding hydrogens is 174 g/mol. The SMILES string of the molecule is CCC1=CCN=C1OCCC1(C)CC1. The molecule has 0 amide bonds. The maximum absolute atomic E-state index is 5.70. The van der Waals surface area contributed by atoms with E-state index in [2.05, 4.69) is 24.9 Å². The van der Waals surface area contributed by atoms with Crippen LogP contribution >= 0.6 is 0 Å². The number of hydrogen-bond donors (Lipinski definition) is 0. The van der Waals surface area contributed by atoms with Gasteiger partial charge in [0.2, 0.25) is 5.90 Å². The summed E-state index contributed by atoms with van der Waals surface area (Å²) in [4.78, 5) is 4.33. The molecule has 0 aromatic rings. The molecule has 0 bridgehead atoms. The van der Waals surface area contributed by atoms with Crippen molar-refractivity contribution in [3.63, 3.8) is 0 Å². The van der Waals surface area contributed by atoms with Gasteiger partial charge in [-0.1, -0.05) is 19.9 Å². The van der Waals surface area contributed by atoms with Crippen molar-refractivity contribution in [1.82, 2.24) is 0 Å². The monoisotopic (exact) mass is 193 g/mol. The number of ether oxygens (including phenoxy) is 1. The van der Waals surface area contributed by atoms with E-state index in [0.29, 0.717) is 5.41 Å². The molecule has 0 unspecified atom stereocenters. The van der Waals surface area contributed by atoms with Crippen LogP contribution in [0.15, 0.2) is 16.6 Å². The fraction of sp³-hybridized carbons (Fsp3) is 0.750. The number of nitrogens with zero attached hydrogens (tertiary/aromatic N) is 1. The smallest absolute Gasteiger partial charge is 0.211 e. The first-order chi connectivity index (χ1) is 6.73. The van der Waals surface area contributed by atoms with Crippen LogP contribution in [0.4, 0.5) is 0 Å². The second kappa shape index (κ2) is 3.76. The van der Waals surface area contributed by atoms with Crippen molar-refractivity contribution in [2.24, 2.45) is 10.4 Å². The van der Waals surface area contributed by atoms with Gasteiger partial charge in [0.05, 0.1) is 13.2 Å². The molecule has 2 aliphatic rings. The molecule has 0 N–H and O–H groups in total. The fourth-order valence-corrected chi connectivity index (χ4v) is 1.72. The van der Waals surface area contributed by atoms with E-state index in [4.69, 9.17) is 4.74 Å². The Hall–Kier alpha value is -0.790. The van der Waals surface area contributed by atoms with E-state index < -0.39 is 0 Å². The van der Waals surface area contributed by atoms with Gasteiger partial charge in [0.25, 0.3) is 0 Å². The van der Waals surface area contributed by atoms with E-state index in [1.54, 1.807) is 0 Å². The molecule has 1 heterocycles. The maximum atomic E-state index is 5.70. The normalized spacial score (nSPS) is 23.0. The van der Waals surface area contributed by atoms with Crippen molar-refractivity contribution < 1.29 is 4.74 Å². The van der Waals surface area contributed by atoms with Crippen LogP contribution in [-0.4, -0.2) is 19.0 Å². The van der Waals surface area contributed by atoms with E-state index in [-0.39, 0.29) is 0 Å². The molecular formula is C12H19NO. The third kappa shape index (κ3) is 2.17. The van der Waals surface area contributed by atoms with Crippen LogP contribution in [0, 0.1) is 5.41 Å². The summed E-state index contributed by atoms with van der Waals surface area (Å²) in [5.74, 6) is 0.900. The van der Waals surface area contributed by atoms with Crippen LogP contribution in [0.1, 0.15) is 39.5 Å². The van der Waals surface area contributed by atoms with Gasteiger partial charge in [-0.05, 0) is 31.1 Å². The van der Waals surface area contributed by atoms with Gasteiger partial charge < -0.3 is 4.74 Å². The van der Waals surface area contributed by atoms with E-state index in [9.17, 15) is 0 Å². The van der Waals surface area contributed by atoms with Gasteiger partial charge in [-0.2, -0.15) is 0 Å². The maximum Gasteiger partial charge on any atom is 0.211 e. The van der Waals surface area contributed by atoms with Gasteiger partial charge in [0.15, 0.2) is 0 Å². The van der Waals surface area contributed by atoms with Gasteiger partial charge >= 0.3 is 0 Å². The zero-order chi connectivity index (χ0) is 10.0. The quantitative estimate of drug-likeness (QED) is 0.672. The Morgan fingerprint density at radius 3 is 2.93 bits per heavy atom. The third-order valence-electron chi connectivity index (χ3n) is 3.28. The number of rotatable bonds is 4. The van der Waals surface area contributed by atoms with E-state index in [1.807, 2.05) is 0 Å². The summed E-state index contributed by atoms with van der Waals surface area (Å²) in [6.07, 6.45) is 7.13. The molecule has 1 fully saturated rings. The van der Waals surface area contributed by atoms with E-state index in [0.717, 1.165) is 25.5 Å². The Morgan fingerprint density at radius 2 is 2.29 bits per heavy atom. The highest BCUT2D eigenvalue weighted by Gasteiger charge is 2.36. The molecule has 2 rings (SSSR count). The minimum Gasteiger partial charge on any atom is -0.478 e. The van der Waals surface area contributed by atoms with Crippen molar-refractivity contribution in [2.45, 2.75) is 39.5 Å². The summed E-state index contributed by atoms with van der Waals surface area (Å²) in [7, 11) is 0. The highest BCUT2D eigenvalue weighted by molar-refractivity contribution is 5.95. The molecule has 0 spiro atoms. The van der Waals surface area contributed by atoms with Crippen LogP contribution in [0.25, 0.3) is 0 Å². The highest BCUT2D eigenvalue weighted by Crippen LogP contribution is 2.47. The molecule has 14 heavy (non-hydrogen) atoms. The first-order valence-electron chi connectivity index (χ1n) is 5.60. The van der Waals surface area contributed by atoms with Crippen LogP contribution in [0.3, 0.4) is 0 Å². The largest absolute Gasteiger partial charge is 0.478 e. The molecule has 2 heteroatoms. The number of hydrogen-bond acceptors (Lipinski definition) is 2. The lowest BCUT2D eigenvalue weighted by atomic mass is 10.1. The first kappa shape index (κ1) is 9.75. The second-order valence-electron chi connectivity index (χ2n) is 4.64. The topological polar surface area (TPSA) is 21.6 Å². The average molecular weight is 193 g/mol. The molecule has 1 aliphatic carbocycles. The van der Waals surface area contributed by atoms with Crippen LogP contribution in [0.2, 0.25) is 0 Å². The fourth-order valence-electron chi connectivity index (χ4n) is 1.72. The Bertz CT molecular complexity index is 274. The molecule has 2 nitrogen and oxygen atoms in total. The van der Waals surface area contributed by atoms with Crippen molar-refractivity contribution in [2.75, 3.05) is 13.2 Å². The summed E-state index contributed by atoms with van der Waals surface area (Å²) < 4.78 is 5.70. The average Bonchev–Trinajstić information content (AvgIpc) is 2.75. The summed E-state index contributed by atoms with van der Waals surface area (Å²) in [5.41, 5.74) is 1.88. The standard InChI is InChI=1S/C12H19NO/c1-3-10-4-8-13-11(10)14-9-7-12(2)5-6-12/h4H,3,5-9H2,1-2H3. The van der Waals surface area contributed by atoms with E-state index in [1.165, 1.54) is 24.8 Å². The lowest BCUT2D eigenvalue weighted by Gasteiger charge is -2.11. The Balaban J connectivity index is 1.73. The van der Waals surface area contributed by atoms with Gasteiger partial charge in [-0.3, -0.25) is 0 Å². The van der Waals surface area contributed by atoms with Gasteiger partial charge in [-0.15, -0.1) is 0 Å². The molecule has 0 atom stereocenters. The Labute approximate surface area is 86.1 Å². The zero-order valence-corrected chi connectivity index (χ0v) is 9.18. The highest BCUT2D eigenvalue weighted by atomic mass is 16.5. The first-order valence-corrected chi connectivity index (χ1v) is 5.60. The van der Waals surface area contributed by atoms with Gasteiger partial charge in [0.1, 0.15) is 0 Å². The summed E-state index contributed by atoms with van der Waals surface area (Å²) >= 11 is 0. The zero-order valence-electron chi connectivity index (χ0n) is 9.18. The Kier molecular flexibility index (Phi) is 2.62. The molecule has 1 aliphatic heterocycles. The van der Waals surface area contributed by atoms with E-state index >= 15 is 0 Å². The van der Waals surface area contributed by atoms with Crippen molar-refractivity contribution in [1.29, 1.82) is 0 Å². The third-order valence-corrected chi connectivity index (χ3v) is 3.28. The molecule has 0 saturated heterocycles. The number of aliphatic imine (C=N–C) groups is 1. The summed E-state index contributed by atoms with van der Waals surface area (Å²) in [6.45, 7) is 6.14. The van der Waals surface area contributed by atoms with Crippen LogP contribution in [0.5, 0.6) is 0 Å². The Morgan fingerprint density at radius 1 is 1.50 bits per heavy atom. The lowest BCUT2D eigenvalue weighted by Crippen LogP contribution is -2.09. The molecule has 0 aromatic carbocycles. The van der Waals surface area contributed by atoms with Crippen molar-refractivity contribution >= 4 is 5.90 Å². The summed E-state index contributed by atoms with van der Waals surface area (Å²) in [5, 5.41) is 0. The van der Waals surface area contributed by atoms with Gasteiger partial charge in [0, 0.05) is 5.57 Å². The van der Waals surface area contributed by atoms with Crippen molar-refractivity contribution in [3.05, 3.63) is 11.6 Å². The predicted octanol–water partition coefficient (Wildman–Crippen LogP) is 2.94. The molecule has 0 aromatic heterocycles. The lowest BCUT2D eigenvalue weighted by molar-refractivity contribution is 0.266. The molecule has 78 valence electrons. The minimum atomic E-state index is 0.593. The van der Waals surface area contributed by atoms with Gasteiger partial charge in [-0.25, -0.2) is 4.99 Å². The minimum absolute atomic E-state index is 0.593.